The predicted octanol–water partition coefficient (Wildman–Crippen LogP) is 3.70. The standard InChI is InChI=1S/C10H9Cl2F2NO/c1-15-10-7(13)4-6(5-8(10)14)16-3-2-9(11)12/h2,4-5,15H,3H2,1H3. The number of halogens is 4. The third kappa shape index (κ3) is 3.54. The lowest BCUT2D eigenvalue weighted by Crippen LogP contribution is -2.00. The number of anilines is 1. The van der Waals surface area contributed by atoms with Gasteiger partial charge in [-0.05, 0) is 6.08 Å². The van der Waals surface area contributed by atoms with E-state index in [0.717, 1.165) is 12.1 Å². The quantitative estimate of drug-likeness (QED) is 0.898. The second-order valence-corrected chi connectivity index (χ2v) is 3.82. The van der Waals surface area contributed by atoms with Crippen LogP contribution in [0.4, 0.5) is 14.5 Å². The van der Waals surface area contributed by atoms with E-state index >= 15 is 0 Å². The topological polar surface area (TPSA) is 21.3 Å². The van der Waals surface area contributed by atoms with E-state index in [-0.39, 0.29) is 22.5 Å². The van der Waals surface area contributed by atoms with Gasteiger partial charge in [-0.3, -0.25) is 0 Å². The van der Waals surface area contributed by atoms with Crippen molar-refractivity contribution >= 4 is 28.9 Å². The SMILES string of the molecule is CNc1c(F)cc(OCC=C(Cl)Cl)cc1F. The number of nitrogens with one attached hydrogen (secondary N) is 1. The molecule has 0 saturated heterocycles. The lowest BCUT2D eigenvalue weighted by atomic mass is 10.2. The van der Waals surface area contributed by atoms with Gasteiger partial charge < -0.3 is 10.1 Å². The number of ether oxygens (including phenoxy) is 1. The Morgan fingerprint density at radius 1 is 1.38 bits per heavy atom. The van der Waals surface area contributed by atoms with Gasteiger partial charge in [0.05, 0.1) is 0 Å². The molecule has 1 N–H and O–H groups in total. The molecule has 1 aromatic rings. The summed E-state index contributed by atoms with van der Waals surface area (Å²) >= 11 is 10.7. The first kappa shape index (κ1) is 13.1. The lowest BCUT2D eigenvalue weighted by Gasteiger charge is -2.07. The Balaban J connectivity index is 2.80. The monoisotopic (exact) mass is 267 g/mol. The van der Waals surface area contributed by atoms with E-state index in [9.17, 15) is 8.78 Å². The highest BCUT2D eigenvalue weighted by Crippen LogP contribution is 2.24. The summed E-state index contributed by atoms with van der Waals surface area (Å²) in [4.78, 5) is 0. The largest absolute Gasteiger partial charge is 0.489 e. The number of benzene rings is 1. The Hall–Kier alpha value is -1.00. The maximum atomic E-state index is 13.2. The van der Waals surface area contributed by atoms with Crippen LogP contribution in [-0.4, -0.2) is 13.7 Å². The summed E-state index contributed by atoms with van der Waals surface area (Å²) in [5.41, 5.74) is -0.196. The second-order valence-electron chi connectivity index (χ2n) is 2.82. The lowest BCUT2D eigenvalue weighted by molar-refractivity contribution is 0.358. The first-order valence-corrected chi connectivity index (χ1v) is 5.11. The average Bonchev–Trinajstić information content (AvgIpc) is 2.16. The van der Waals surface area contributed by atoms with Crippen LogP contribution in [0.25, 0.3) is 0 Å². The van der Waals surface area contributed by atoms with Gasteiger partial charge in [-0.2, -0.15) is 0 Å². The third-order valence-corrected chi connectivity index (χ3v) is 2.06. The van der Waals surface area contributed by atoms with Crippen molar-refractivity contribution in [3.8, 4) is 5.75 Å². The van der Waals surface area contributed by atoms with E-state index in [1.54, 1.807) is 0 Å². The molecule has 0 aromatic heterocycles. The summed E-state index contributed by atoms with van der Waals surface area (Å²) < 4.78 is 31.6. The number of hydrogen-bond donors (Lipinski definition) is 1. The zero-order valence-corrected chi connectivity index (χ0v) is 9.87. The van der Waals surface area contributed by atoms with Crippen molar-refractivity contribution in [2.24, 2.45) is 0 Å². The molecule has 0 aliphatic rings. The maximum Gasteiger partial charge on any atom is 0.152 e. The summed E-state index contributed by atoms with van der Waals surface area (Å²) in [6.45, 7) is 0.0418. The Bertz CT molecular complexity index is 383. The summed E-state index contributed by atoms with van der Waals surface area (Å²) in [5, 5.41) is 2.41. The van der Waals surface area contributed by atoms with Crippen LogP contribution in [0.5, 0.6) is 5.75 Å². The van der Waals surface area contributed by atoms with Crippen LogP contribution in [0, 0.1) is 11.6 Å². The molecule has 1 aromatic carbocycles. The molecule has 0 bridgehead atoms. The molecule has 0 radical (unpaired) electrons. The minimum atomic E-state index is -0.724. The van der Waals surface area contributed by atoms with Gasteiger partial charge in [0.2, 0.25) is 0 Å². The fourth-order valence-electron chi connectivity index (χ4n) is 1.07. The summed E-state index contributed by atoms with van der Waals surface area (Å²) in [6.07, 6.45) is 1.37. The Kier molecular flexibility index (Phi) is 4.83. The zero-order valence-electron chi connectivity index (χ0n) is 8.36. The van der Waals surface area contributed by atoms with Crippen molar-refractivity contribution in [1.29, 1.82) is 0 Å². The molecule has 6 heteroatoms. The van der Waals surface area contributed by atoms with Crippen LogP contribution < -0.4 is 10.1 Å². The molecule has 0 amide bonds. The van der Waals surface area contributed by atoms with Gasteiger partial charge in [-0.25, -0.2) is 8.78 Å². The van der Waals surface area contributed by atoms with Crippen molar-refractivity contribution in [1.82, 2.24) is 0 Å². The van der Waals surface area contributed by atoms with Crippen LogP contribution in [-0.2, 0) is 0 Å². The second kappa shape index (κ2) is 5.92. The van der Waals surface area contributed by atoms with Crippen molar-refractivity contribution < 1.29 is 13.5 Å². The van der Waals surface area contributed by atoms with Crippen molar-refractivity contribution in [2.45, 2.75) is 0 Å². The third-order valence-electron chi connectivity index (χ3n) is 1.75. The fraction of sp³-hybridized carbons (Fsp3) is 0.200. The fourth-order valence-corrected chi connectivity index (χ4v) is 1.20. The van der Waals surface area contributed by atoms with Crippen LogP contribution >= 0.6 is 23.2 Å². The number of rotatable bonds is 4. The average molecular weight is 268 g/mol. The Morgan fingerprint density at radius 3 is 2.38 bits per heavy atom. The van der Waals surface area contributed by atoms with E-state index in [1.165, 1.54) is 13.1 Å². The molecule has 88 valence electrons. The first-order valence-electron chi connectivity index (χ1n) is 4.35. The van der Waals surface area contributed by atoms with Crippen LogP contribution in [0.2, 0.25) is 0 Å². The zero-order chi connectivity index (χ0) is 12.1. The van der Waals surface area contributed by atoms with Crippen molar-refractivity contribution in [3.05, 3.63) is 34.3 Å². The van der Waals surface area contributed by atoms with Gasteiger partial charge in [0.15, 0.2) is 11.6 Å². The van der Waals surface area contributed by atoms with Gasteiger partial charge >= 0.3 is 0 Å². The Morgan fingerprint density at radius 2 is 1.94 bits per heavy atom. The minimum absolute atomic E-state index is 0.0350. The summed E-state index contributed by atoms with van der Waals surface area (Å²) in [7, 11) is 1.43. The highest BCUT2D eigenvalue weighted by molar-refractivity contribution is 6.55. The molecule has 1 rings (SSSR count). The van der Waals surface area contributed by atoms with Gasteiger partial charge in [0.1, 0.15) is 22.5 Å². The van der Waals surface area contributed by atoms with Crippen molar-refractivity contribution in [3.63, 3.8) is 0 Å². The van der Waals surface area contributed by atoms with E-state index < -0.39 is 11.6 Å². The van der Waals surface area contributed by atoms with Gasteiger partial charge in [0.25, 0.3) is 0 Å². The van der Waals surface area contributed by atoms with E-state index in [0.29, 0.717) is 0 Å². The highest BCUT2D eigenvalue weighted by Gasteiger charge is 2.09. The first-order chi connectivity index (χ1) is 7.54. The summed E-state index contributed by atoms with van der Waals surface area (Å²) in [5.74, 6) is -1.38. The predicted molar refractivity (Wildman–Crippen MR) is 61.2 cm³/mol. The Labute approximate surface area is 102 Å². The molecule has 0 aliphatic heterocycles. The number of hydrogen-bond acceptors (Lipinski definition) is 2. The highest BCUT2D eigenvalue weighted by atomic mass is 35.5. The molecule has 0 saturated carbocycles. The molecule has 0 heterocycles. The molecule has 0 aliphatic carbocycles. The summed E-state index contributed by atoms with van der Waals surface area (Å²) in [6, 6.07) is 2.15. The van der Waals surface area contributed by atoms with Crippen LogP contribution in [0.1, 0.15) is 0 Å². The normalized spacial score (nSPS) is 9.81. The van der Waals surface area contributed by atoms with E-state index in [1.807, 2.05) is 0 Å². The van der Waals surface area contributed by atoms with E-state index in [2.05, 4.69) is 5.32 Å². The van der Waals surface area contributed by atoms with Gasteiger partial charge in [-0.1, -0.05) is 23.2 Å². The minimum Gasteiger partial charge on any atom is -0.489 e. The van der Waals surface area contributed by atoms with Crippen LogP contribution in [0.15, 0.2) is 22.7 Å². The molecule has 0 fully saturated rings. The molecule has 0 unspecified atom stereocenters. The van der Waals surface area contributed by atoms with E-state index in [4.69, 9.17) is 27.9 Å². The molecule has 2 nitrogen and oxygen atoms in total. The maximum absolute atomic E-state index is 13.2. The van der Waals surface area contributed by atoms with Crippen LogP contribution in [0.3, 0.4) is 0 Å². The molecule has 16 heavy (non-hydrogen) atoms. The smallest absolute Gasteiger partial charge is 0.152 e. The molecular formula is C10H9Cl2F2NO. The molecule has 0 atom stereocenters. The van der Waals surface area contributed by atoms with Gasteiger partial charge in [-0.15, -0.1) is 0 Å². The molecular weight excluding hydrogens is 259 g/mol. The molecule has 0 spiro atoms. The van der Waals surface area contributed by atoms with Crippen molar-refractivity contribution in [2.75, 3.05) is 19.0 Å². The van der Waals surface area contributed by atoms with Gasteiger partial charge in [0, 0.05) is 19.2 Å².